The Balaban J connectivity index is 1.49. The Morgan fingerprint density at radius 3 is 1.61 bits per heavy atom. The summed E-state index contributed by atoms with van der Waals surface area (Å²) in [5.41, 5.74) is 3.02. The highest BCUT2D eigenvalue weighted by atomic mass is 16.5. The van der Waals surface area contributed by atoms with Gasteiger partial charge in [0.1, 0.15) is 42.7 Å². The Kier molecular flexibility index (Phi) is 7.44. The molecule has 4 rings (SSSR count). The molecular formula is C24H30O9. The summed E-state index contributed by atoms with van der Waals surface area (Å²) in [6, 6.07) is 14.4. The van der Waals surface area contributed by atoms with Crippen molar-refractivity contribution in [3.05, 3.63) is 59.7 Å². The number of benzene rings is 2. The van der Waals surface area contributed by atoms with E-state index in [0.717, 1.165) is 11.1 Å². The third kappa shape index (κ3) is 4.83. The minimum Gasteiger partial charge on any atom is -0.394 e. The molecule has 6 unspecified atom stereocenters. The second kappa shape index (κ2) is 10.1. The Bertz CT molecular complexity index is 901. The first-order valence-corrected chi connectivity index (χ1v) is 11.0. The Hall–Kier alpha value is -1.92. The minimum atomic E-state index is -1.44. The summed E-state index contributed by atoms with van der Waals surface area (Å²) in [6.07, 6.45) is -9.22. The first-order valence-electron chi connectivity index (χ1n) is 11.0. The molecule has 0 aromatic heterocycles. The van der Waals surface area contributed by atoms with Crippen LogP contribution in [0.1, 0.15) is 29.8 Å². The minimum absolute atomic E-state index is 0.174. The van der Waals surface area contributed by atoms with Crippen LogP contribution in [0.15, 0.2) is 48.5 Å². The van der Waals surface area contributed by atoms with Crippen molar-refractivity contribution in [2.45, 2.75) is 61.4 Å². The SMILES string of the molecule is OCC1CC(O)C(O)[C@@H](c2ccc(-c3ccc([C@H]4OC(CO)[C@@H](O)C(O)C4O)cc3)cc2)O1. The molecule has 9 heteroatoms. The van der Waals surface area contributed by atoms with Crippen LogP contribution in [-0.4, -0.2) is 91.7 Å². The quantitative estimate of drug-likeness (QED) is 0.308. The number of rotatable bonds is 5. The molecule has 2 aliphatic heterocycles. The molecule has 33 heavy (non-hydrogen) atoms. The first-order chi connectivity index (χ1) is 15.8. The zero-order chi connectivity index (χ0) is 23.7. The average Bonchev–Trinajstić information content (AvgIpc) is 2.85. The van der Waals surface area contributed by atoms with Gasteiger partial charge in [0.2, 0.25) is 0 Å². The van der Waals surface area contributed by atoms with Crippen LogP contribution in [0.5, 0.6) is 0 Å². The maximum absolute atomic E-state index is 10.3. The van der Waals surface area contributed by atoms with Crippen LogP contribution in [0.2, 0.25) is 0 Å². The molecule has 2 heterocycles. The molecule has 7 N–H and O–H groups in total. The lowest BCUT2D eigenvalue weighted by molar-refractivity contribution is -0.231. The first kappa shape index (κ1) is 24.2. The fraction of sp³-hybridized carbons (Fsp3) is 0.500. The van der Waals surface area contributed by atoms with Gasteiger partial charge in [0.05, 0.1) is 25.4 Å². The molecule has 180 valence electrons. The van der Waals surface area contributed by atoms with Crippen molar-refractivity contribution in [2.24, 2.45) is 0 Å². The van der Waals surface area contributed by atoms with Gasteiger partial charge in [-0.3, -0.25) is 0 Å². The number of aliphatic hydroxyl groups is 7. The third-order valence-corrected chi connectivity index (χ3v) is 6.46. The van der Waals surface area contributed by atoms with Crippen molar-refractivity contribution >= 4 is 0 Å². The molecule has 0 aliphatic carbocycles. The molecular weight excluding hydrogens is 432 g/mol. The third-order valence-electron chi connectivity index (χ3n) is 6.46. The summed E-state index contributed by atoms with van der Waals surface area (Å²) in [5, 5.41) is 69.3. The fourth-order valence-electron chi connectivity index (χ4n) is 4.45. The second-order valence-electron chi connectivity index (χ2n) is 8.65. The predicted molar refractivity (Wildman–Crippen MR) is 116 cm³/mol. The van der Waals surface area contributed by atoms with Gasteiger partial charge < -0.3 is 45.2 Å². The maximum Gasteiger partial charge on any atom is 0.113 e. The van der Waals surface area contributed by atoms with Gasteiger partial charge in [-0.25, -0.2) is 0 Å². The van der Waals surface area contributed by atoms with Gasteiger partial charge in [0.15, 0.2) is 0 Å². The van der Waals surface area contributed by atoms with Gasteiger partial charge in [-0.2, -0.15) is 0 Å². The van der Waals surface area contributed by atoms with E-state index in [1.54, 1.807) is 24.3 Å². The lowest BCUT2D eigenvalue weighted by Gasteiger charge is -2.40. The molecule has 9 nitrogen and oxygen atoms in total. The van der Waals surface area contributed by atoms with Gasteiger partial charge in [0, 0.05) is 6.42 Å². The van der Waals surface area contributed by atoms with E-state index in [2.05, 4.69) is 0 Å². The Morgan fingerprint density at radius 1 is 0.606 bits per heavy atom. The summed E-state index contributed by atoms with van der Waals surface area (Å²) in [5.74, 6) is 0. The van der Waals surface area contributed by atoms with Crippen LogP contribution in [-0.2, 0) is 9.47 Å². The van der Waals surface area contributed by atoms with E-state index in [9.17, 15) is 35.7 Å². The molecule has 0 spiro atoms. The standard InChI is InChI=1S/C24H30O9/c25-10-16-9-17(27)19(28)23(32-16)14-5-1-12(2-6-14)13-3-7-15(8-4-13)24-22(31)21(30)20(29)18(11-26)33-24/h1-8,16-31H,9-11H2/t16?,17?,18?,19?,20-,21?,22?,23-,24-/m1/s1. The van der Waals surface area contributed by atoms with Crippen LogP contribution in [0, 0.1) is 0 Å². The normalized spacial score (nSPS) is 37.1. The highest BCUT2D eigenvalue weighted by molar-refractivity contribution is 5.64. The summed E-state index contributed by atoms with van der Waals surface area (Å²) in [7, 11) is 0. The van der Waals surface area contributed by atoms with Crippen LogP contribution in [0.4, 0.5) is 0 Å². The van der Waals surface area contributed by atoms with Crippen molar-refractivity contribution in [1.29, 1.82) is 0 Å². The number of aliphatic hydroxyl groups excluding tert-OH is 7. The molecule has 2 aliphatic rings. The lowest BCUT2D eigenvalue weighted by Crippen LogP contribution is -2.55. The van der Waals surface area contributed by atoms with E-state index >= 15 is 0 Å². The zero-order valence-corrected chi connectivity index (χ0v) is 17.9. The molecule has 0 radical (unpaired) electrons. The van der Waals surface area contributed by atoms with Crippen molar-refractivity contribution in [3.63, 3.8) is 0 Å². The summed E-state index contributed by atoms with van der Waals surface area (Å²) < 4.78 is 11.3. The largest absolute Gasteiger partial charge is 0.394 e. The van der Waals surface area contributed by atoms with E-state index in [0.29, 0.717) is 11.1 Å². The summed E-state index contributed by atoms with van der Waals surface area (Å²) >= 11 is 0. The Labute approximate surface area is 191 Å². The molecule has 9 atom stereocenters. The summed E-state index contributed by atoms with van der Waals surface area (Å²) in [4.78, 5) is 0. The van der Waals surface area contributed by atoms with Crippen molar-refractivity contribution < 1.29 is 45.2 Å². The van der Waals surface area contributed by atoms with Crippen LogP contribution in [0.3, 0.4) is 0 Å². The van der Waals surface area contributed by atoms with Gasteiger partial charge in [-0.1, -0.05) is 48.5 Å². The fourth-order valence-corrected chi connectivity index (χ4v) is 4.45. The molecule has 0 bridgehead atoms. The van der Waals surface area contributed by atoms with E-state index in [4.69, 9.17) is 9.47 Å². The van der Waals surface area contributed by atoms with Gasteiger partial charge in [0.25, 0.3) is 0 Å². The Morgan fingerprint density at radius 2 is 1.12 bits per heavy atom. The molecule has 0 amide bonds. The zero-order valence-electron chi connectivity index (χ0n) is 17.9. The molecule has 2 aromatic carbocycles. The molecule has 2 aromatic rings. The average molecular weight is 462 g/mol. The van der Waals surface area contributed by atoms with Crippen molar-refractivity contribution in [2.75, 3.05) is 13.2 Å². The van der Waals surface area contributed by atoms with Crippen molar-refractivity contribution in [1.82, 2.24) is 0 Å². The summed E-state index contributed by atoms with van der Waals surface area (Å²) in [6.45, 7) is -0.722. The smallest absolute Gasteiger partial charge is 0.113 e. The van der Waals surface area contributed by atoms with Crippen LogP contribution < -0.4 is 0 Å². The topological polar surface area (TPSA) is 160 Å². The lowest BCUT2D eigenvalue weighted by atomic mass is 9.90. The number of ether oxygens (including phenoxy) is 2. The highest BCUT2D eigenvalue weighted by Gasteiger charge is 2.44. The van der Waals surface area contributed by atoms with Crippen molar-refractivity contribution in [3.8, 4) is 11.1 Å². The molecule has 0 saturated carbocycles. The second-order valence-corrected chi connectivity index (χ2v) is 8.65. The number of hydrogen-bond donors (Lipinski definition) is 7. The molecule has 2 fully saturated rings. The van der Waals surface area contributed by atoms with Crippen LogP contribution >= 0.6 is 0 Å². The van der Waals surface area contributed by atoms with E-state index in [1.165, 1.54) is 0 Å². The van der Waals surface area contributed by atoms with Gasteiger partial charge in [-0.15, -0.1) is 0 Å². The monoisotopic (exact) mass is 462 g/mol. The van der Waals surface area contributed by atoms with E-state index in [1.807, 2.05) is 24.3 Å². The van der Waals surface area contributed by atoms with E-state index < -0.39 is 61.5 Å². The van der Waals surface area contributed by atoms with Crippen LogP contribution in [0.25, 0.3) is 11.1 Å². The highest BCUT2D eigenvalue weighted by Crippen LogP contribution is 2.35. The van der Waals surface area contributed by atoms with Gasteiger partial charge >= 0.3 is 0 Å². The predicted octanol–water partition coefficient (Wildman–Crippen LogP) is -0.587. The van der Waals surface area contributed by atoms with Gasteiger partial charge in [-0.05, 0) is 22.3 Å². The maximum atomic E-state index is 10.3. The van der Waals surface area contributed by atoms with E-state index in [-0.39, 0.29) is 13.0 Å². The molecule has 2 saturated heterocycles. The number of hydrogen-bond acceptors (Lipinski definition) is 9.